The number of benzene rings is 1. The fraction of sp³-hybridized carbons (Fsp3) is 0.600. The Morgan fingerprint density at radius 1 is 1.44 bits per heavy atom. The van der Waals surface area contributed by atoms with Crippen molar-refractivity contribution >= 4 is 11.8 Å². The summed E-state index contributed by atoms with van der Waals surface area (Å²) in [6, 6.07) is 9.13. The lowest BCUT2D eigenvalue weighted by Gasteiger charge is -2.41. The Morgan fingerprint density at radius 2 is 2.22 bits per heavy atom. The third-order valence-electron chi connectivity index (χ3n) is 3.55. The van der Waals surface area contributed by atoms with Gasteiger partial charge >= 0.3 is 0 Å². The molecule has 2 nitrogen and oxygen atoms in total. The van der Waals surface area contributed by atoms with E-state index in [1.54, 1.807) is 0 Å². The number of rotatable bonds is 3. The van der Waals surface area contributed by atoms with E-state index in [0.717, 1.165) is 13.1 Å². The summed E-state index contributed by atoms with van der Waals surface area (Å²) in [4.78, 5) is 2.55. The first-order chi connectivity index (χ1) is 8.52. The van der Waals surface area contributed by atoms with Gasteiger partial charge in [-0.3, -0.25) is 4.90 Å². The van der Waals surface area contributed by atoms with Crippen molar-refractivity contribution in [3.63, 3.8) is 0 Å². The molecule has 0 spiro atoms. The van der Waals surface area contributed by atoms with Crippen LogP contribution >= 0.6 is 11.8 Å². The standard InChI is InChI=1S/C15H24N2S/c1-12-5-4-6-13(9-12)14(10-16)17-7-8-18-15(2,3)11-17/h4-6,9,14H,7-8,10-11,16H2,1-3H3. The molecule has 1 aromatic rings. The Balaban J connectivity index is 2.18. The first kappa shape index (κ1) is 13.9. The molecule has 0 radical (unpaired) electrons. The van der Waals surface area contributed by atoms with E-state index in [9.17, 15) is 0 Å². The Kier molecular flexibility index (Phi) is 4.36. The van der Waals surface area contributed by atoms with Crippen LogP contribution in [0.1, 0.15) is 31.0 Å². The number of aryl methyl sites for hydroxylation is 1. The first-order valence-electron chi connectivity index (χ1n) is 6.66. The molecule has 0 bridgehead atoms. The summed E-state index contributed by atoms with van der Waals surface area (Å²) in [7, 11) is 0. The Hall–Kier alpha value is -0.510. The normalized spacial score (nSPS) is 21.8. The highest BCUT2D eigenvalue weighted by atomic mass is 32.2. The van der Waals surface area contributed by atoms with Crippen LogP contribution in [0.25, 0.3) is 0 Å². The lowest BCUT2D eigenvalue weighted by molar-refractivity contribution is 0.192. The fourth-order valence-corrected chi connectivity index (χ4v) is 3.83. The summed E-state index contributed by atoms with van der Waals surface area (Å²) in [5, 5.41) is 0. The monoisotopic (exact) mass is 264 g/mol. The highest BCUT2D eigenvalue weighted by Gasteiger charge is 2.31. The number of hydrogen-bond donors (Lipinski definition) is 1. The van der Waals surface area contributed by atoms with Gasteiger partial charge < -0.3 is 5.73 Å². The topological polar surface area (TPSA) is 29.3 Å². The lowest BCUT2D eigenvalue weighted by atomic mass is 10.0. The van der Waals surface area contributed by atoms with Gasteiger partial charge in [-0.1, -0.05) is 29.8 Å². The SMILES string of the molecule is Cc1cccc(C(CN)N2CCSC(C)(C)C2)c1. The Bertz CT molecular complexity index is 403. The van der Waals surface area contributed by atoms with Crippen LogP contribution in [0.15, 0.2) is 24.3 Å². The summed E-state index contributed by atoms with van der Waals surface area (Å²) in [5.74, 6) is 1.20. The molecular weight excluding hydrogens is 240 g/mol. The van der Waals surface area contributed by atoms with E-state index in [2.05, 4.69) is 61.7 Å². The average Bonchev–Trinajstić information content (AvgIpc) is 2.29. The van der Waals surface area contributed by atoms with E-state index in [1.165, 1.54) is 16.9 Å². The van der Waals surface area contributed by atoms with Gasteiger partial charge in [0.2, 0.25) is 0 Å². The maximum absolute atomic E-state index is 6.03. The van der Waals surface area contributed by atoms with Crippen molar-refractivity contribution in [1.82, 2.24) is 4.90 Å². The van der Waals surface area contributed by atoms with Crippen molar-refractivity contribution in [3.05, 3.63) is 35.4 Å². The second-order valence-electron chi connectivity index (χ2n) is 5.74. The van der Waals surface area contributed by atoms with E-state index >= 15 is 0 Å². The van der Waals surface area contributed by atoms with Gasteiger partial charge in [0, 0.05) is 36.2 Å². The second-order valence-corrected chi connectivity index (χ2v) is 7.55. The van der Waals surface area contributed by atoms with Crippen LogP contribution in [-0.4, -0.2) is 35.0 Å². The quantitative estimate of drug-likeness (QED) is 0.910. The largest absolute Gasteiger partial charge is 0.329 e. The molecule has 1 saturated heterocycles. The van der Waals surface area contributed by atoms with E-state index in [4.69, 9.17) is 5.73 Å². The van der Waals surface area contributed by atoms with E-state index in [-0.39, 0.29) is 0 Å². The molecule has 0 saturated carbocycles. The molecule has 1 atom stereocenters. The maximum Gasteiger partial charge on any atom is 0.0471 e. The summed E-state index contributed by atoms with van der Waals surface area (Å²) in [6.07, 6.45) is 0. The molecule has 1 unspecified atom stereocenters. The van der Waals surface area contributed by atoms with Crippen LogP contribution in [0, 0.1) is 6.92 Å². The summed E-state index contributed by atoms with van der Waals surface area (Å²) < 4.78 is 0.343. The zero-order valence-electron chi connectivity index (χ0n) is 11.6. The van der Waals surface area contributed by atoms with Gasteiger partial charge in [0.05, 0.1) is 0 Å². The van der Waals surface area contributed by atoms with E-state index < -0.39 is 0 Å². The molecule has 1 heterocycles. The average molecular weight is 264 g/mol. The van der Waals surface area contributed by atoms with Gasteiger partial charge in [0.25, 0.3) is 0 Å². The van der Waals surface area contributed by atoms with Gasteiger partial charge in [-0.15, -0.1) is 0 Å². The molecule has 1 aliphatic heterocycles. The second kappa shape index (κ2) is 5.64. The van der Waals surface area contributed by atoms with Crippen molar-refractivity contribution in [2.45, 2.75) is 31.6 Å². The molecule has 1 aromatic carbocycles. The van der Waals surface area contributed by atoms with Crippen LogP contribution < -0.4 is 5.73 Å². The van der Waals surface area contributed by atoms with E-state index in [0.29, 0.717) is 17.3 Å². The molecule has 1 aliphatic rings. The number of nitrogens with two attached hydrogens (primary N) is 1. The third-order valence-corrected chi connectivity index (χ3v) is 4.84. The van der Waals surface area contributed by atoms with Crippen molar-refractivity contribution < 1.29 is 0 Å². The van der Waals surface area contributed by atoms with E-state index in [1.807, 2.05) is 0 Å². The summed E-state index contributed by atoms with van der Waals surface area (Å²) in [6.45, 7) is 9.76. The highest BCUT2D eigenvalue weighted by Crippen LogP contribution is 2.33. The van der Waals surface area contributed by atoms with Gasteiger partial charge in [0.1, 0.15) is 0 Å². The molecule has 100 valence electrons. The molecular formula is C15H24N2S. The van der Waals surface area contributed by atoms with Crippen LogP contribution in [0.4, 0.5) is 0 Å². The molecule has 0 aromatic heterocycles. The Morgan fingerprint density at radius 3 is 2.83 bits per heavy atom. The maximum atomic E-state index is 6.03. The zero-order valence-corrected chi connectivity index (χ0v) is 12.5. The highest BCUT2D eigenvalue weighted by molar-refractivity contribution is 8.00. The minimum Gasteiger partial charge on any atom is -0.329 e. The molecule has 3 heteroatoms. The first-order valence-corrected chi connectivity index (χ1v) is 7.65. The van der Waals surface area contributed by atoms with Crippen molar-refractivity contribution in [1.29, 1.82) is 0 Å². The van der Waals surface area contributed by atoms with Crippen LogP contribution in [0.2, 0.25) is 0 Å². The van der Waals surface area contributed by atoms with Gasteiger partial charge in [0.15, 0.2) is 0 Å². The molecule has 1 fully saturated rings. The Labute approximate surface area is 115 Å². The summed E-state index contributed by atoms with van der Waals surface area (Å²) in [5.41, 5.74) is 8.70. The number of hydrogen-bond acceptors (Lipinski definition) is 3. The van der Waals surface area contributed by atoms with Crippen LogP contribution in [-0.2, 0) is 0 Å². The predicted octanol–water partition coefficient (Wildman–Crippen LogP) is 2.82. The lowest BCUT2D eigenvalue weighted by Crippen LogP contribution is -2.46. The van der Waals surface area contributed by atoms with Gasteiger partial charge in [-0.25, -0.2) is 0 Å². The van der Waals surface area contributed by atoms with Crippen molar-refractivity contribution in [3.8, 4) is 0 Å². The summed E-state index contributed by atoms with van der Waals surface area (Å²) >= 11 is 2.07. The van der Waals surface area contributed by atoms with Crippen LogP contribution in [0.5, 0.6) is 0 Å². The number of nitrogens with zero attached hydrogens (tertiary/aromatic N) is 1. The van der Waals surface area contributed by atoms with Crippen LogP contribution in [0.3, 0.4) is 0 Å². The van der Waals surface area contributed by atoms with Crippen molar-refractivity contribution in [2.75, 3.05) is 25.4 Å². The minimum atomic E-state index is 0.343. The zero-order chi connectivity index (χ0) is 13.2. The molecule has 2 rings (SSSR count). The number of thioether (sulfide) groups is 1. The van der Waals surface area contributed by atoms with Gasteiger partial charge in [-0.2, -0.15) is 11.8 Å². The molecule has 0 amide bonds. The predicted molar refractivity (Wildman–Crippen MR) is 81.1 cm³/mol. The minimum absolute atomic E-state index is 0.343. The molecule has 18 heavy (non-hydrogen) atoms. The van der Waals surface area contributed by atoms with Gasteiger partial charge in [-0.05, 0) is 26.3 Å². The molecule has 2 N–H and O–H groups in total. The molecule has 0 aliphatic carbocycles. The third kappa shape index (κ3) is 3.28. The fourth-order valence-electron chi connectivity index (χ4n) is 2.69. The van der Waals surface area contributed by atoms with Crippen molar-refractivity contribution in [2.24, 2.45) is 5.73 Å². The smallest absolute Gasteiger partial charge is 0.0471 e.